The Hall–Kier alpha value is -8.87. The van der Waals surface area contributed by atoms with E-state index in [1.165, 1.54) is 19.4 Å². The van der Waals surface area contributed by atoms with Crippen LogP contribution in [0.3, 0.4) is 0 Å². The number of hydrogen-bond donors (Lipinski definition) is 17. The van der Waals surface area contributed by atoms with E-state index in [9.17, 15) is 67.7 Å². The number of aliphatic hydroxyl groups is 1. The Labute approximate surface area is 503 Å². The van der Waals surface area contributed by atoms with E-state index in [1.807, 2.05) is 0 Å². The van der Waals surface area contributed by atoms with Crippen LogP contribution in [0.25, 0.3) is 0 Å². The molecule has 2 aromatic carbocycles. The topological polar surface area (TPSA) is 512 Å². The first-order chi connectivity index (χ1) is 41.3. The molecule has 478 valence electrons. The van der Waals surface area contributed by atoms with Crippen LogP contribution in [0.15, 0.2) is 73.2 Å². The number of benzene rings is 2. The number of carbonyl (C=O) groups is 12. The number of carboxylic acid groups (broad SMARTS) is 1. The van der Waals surface area contributed by atoms with Crippen molar-refractivity contribution in [3.8, 4) is 0 Å². The van der Waals surface area contributed by atoms with Gasteiger partial charge in [0.15, 0.2) is 0 Å². The highest BCUT2D eigenvalue weighted by Gasteiger charge is 2.36. The van der Waals surface area contributed by atoms with Gasteiger partial charge in [0.25, 0.3) is 0 Å². The van der Waals surface area contributed by atoms with Crippen molar-refractivity contribution in [3.05, 3.63) is 90.0 Å². The highest BCUT2D eigenvalue weighted by molar-refractivity contribution is 5.99. The number of rotatable bonds is 41. The number of nitrogens with one attached hydrogen (secondary N) is 10. The maximum absolute atomic E-state index is 14.6. The Morgan fingerprint density at radius 1 is 0.494 bits per heavy atom. The number of H-pyrrole nitrogens is 1. The average Bonchev–Trinajstić information content (AvgIpc) is 3.82. The lowest BCUT2D eigenvalue weighted by atomic mass is 10.0. The number of amides is 11. The molecule has 30 nitrogen and oxygen atoms in total. The van der Waals surface area contributed by atoms with Gasteiger partial charge in [0.1, 0.15) is 54.4 Å². The summed E-state index contributed by atoms with van der Waals surface area (Å²) in [4.78, 5) is 168. The summed E-state index contributed by atoms with van der Waals surface area (Å²) in [5.41, 5.74) is 29.9. The normalized spacial score (nSPS) is 14.5. The van der Waals surface area contributed by atoms with Crippen LogP contribution in [0, 0.1) is 5.92 Å². The van der Waals surface area contributed by atoms with Gasteiger partial charge in [-0.15, -0.1) is 0 Å². The van der Waals surface area contributed by atoms with E-state index >= 15 is 0 Å². The molecule has 0 saturated carbocycles. The number of aromatic amines is 1. The predicted octanol–water partition coefficient (Wildman–Crippen LogP) is -4.33. The van der Waals surface area contributed by atoms with E-state index in [0.717, 1.165) is 5.56 Å². The smallest absolute Gasteiger partial charge is 0.326 e. The zero-order valence-electron chi connectivity index (χ0n) is 49.2. The van der Waals surface area contributed by atoms with E-state index in [-0.39, 0.29) is 76.8 Å². The summed E-state index contributed by atoms with van der Waals surface area (Å²) in [6.45, 7) is 4.30. The third kappa shape index (κ3) is 26.9. The Morgan fingerprint density at radius 3 is 1.43 bits per heavy atom. The van der Waals surface area contributed by atoms with Crippen LogP contribution in [0.2, 0.25) is 0 Å². The summed E-state index contributed by atoms with van der Waals surface area (Å²) in [6.07, 6.45) is 2.06. The molecule has 22 N–H and O–H groups in total. The second kappa shape index (κ2) is 38.2. The number of unbranched alkanes of at least 4 members (excludes halogenated alkanes) is 2. The van der Waals surface area contributed by atoms with Gasteiger partial charge in [0.2, 0.25) is 65.0 Å². The first-order valence-electron chi connectivity index (χ1n) is 28.7. The van der Waals surface area contributed by atoms with Crippen LogP contribution >= 0.6 is 0 Å². The molecule has 1 heterocycles. The highest BCUT2D eigenvalue weighted by atomic mass is 16.4. The van der Waals surface area contributed by atoms with Crippen molar-refractivity contribution in [2.75, 3.05) is 19.7 Å². The van der Waals surface area contributed by atoms with Crippen LogP contribution in [-0.2, 0) is 76.8 Å². The van der Waals surface area contributed by atoms with Crippen LogP contribution in [0.1, 0.15) is 102 Å². The quantitative estimate of drug-likeness (QED) is 0.0239. The number of imidazole rings is 1. The molecule has 3 aromatic rings. The van der Waals surface area contributed by atoms with Crippen molar-refractivity contribution in [2.24, 2.45) is 34.6 Å². The largest absolute Gasteiger partial charge is 0.480 e. The van der Waals surface area contributed by atoms with Gasteiger partial charge >= 0.3 is 5.97 Å². The second-order valence-electron chi connectivity index (χ2n) is 21.4. The van der Waals surface area contributed by atoms with Crippen molar-refractivity contribution in [1.29, 1.82) is 0 Å². The van der Waals surface area contributed by atoms with E-state index in [0.29, 0.717) is 30.5 Å². The Kier molecular flexibility index (Phi) is 31.8. The standard InChI is InChI=1S/C57H86N16O14/c1-32(2)24-41(52(81)67-39(20-21-46(61)75)51(80)68-40(57(86)87)19-11-13-23-59)69-54(83)43(27-36-29-63-31-64-36)71-53(82)42(26-35-16-8-5-9-17-35)70-55(84)44(28-47(62)76)72-50(79)38(18-10-12-22-58)66-56(85)45(30-74)73-48(77)33(3)65-49(78)37(60)25-34-14-6-4-7-15-34/h4-9,14-17,29,31-33,37-45,74H,10-13,18-28,30,58-60H2,1-3H3,(H2,61,75)(H2,62,76)(H,63,64)(H,65,78)(H,66,85)(H,67,81)(H,68,80)(H,69,83)(H,70,84)(H,71,82)(H,72,79)(H,73,77)(H,86,87)/t33-,37-,38-,39-,40-,41-,42-,43-,44-,45-/m0/s1. The number of aliphatic carboxylic acids is 1. The first-order valence-corrected chi connectivity index (χ1v) is 28.7. The summed E-state index contributed by atoms with van der Waals surface area (Å²) >= 11 is 0. The number of carboxylic acids is 1. The molecule has 10 atom stereocenters. The van der Waals surface area contributed by atoms with Crippen LogP contribution in [0.5, 0.6) is 0 Å². The van der Waals surface area contributed by atoms with E-state index in [2.05, 4.69) is 57.8 Å². The molecule has 0 spiro atoms. The number of aliphatic hydroxyl groups excluding tert-OH is 1. The monoisotopic (exact) mass is 1220 g/mol. The minimum Gasteiger partial charge on any atom is -0.480 e. The molecular formula is C57H86N16O14. The van der Waals surface area contributed by atoms with Gasteiger partial charge < -0.3 is 91.7 Å². The van der Waals surface area contributed by atoms with Crippen molar-refractivity contribution in [2.45, 2.75) is 165 Å². The average molecular weight is 1220 g/mol. The molecule has 1 aromatic heterocycles. The van der Waals surface area contributed by atoms with Gasteiger partial charge in [-0.05, 0) is 94.8 Å². The highest BCUT2D eigenvalue weighted by Crippen LogP contribution is 2.13. The number of aromatic nitrogens is 2. The van der Waals surface area contributed by atoms with E-state index in [1.54, 1.807) is 74.5 Å². The molecule has 0 unspecified atom stereocenters. The molecule has 0 radical (unpaired) electrons. The predicted molar refractivity (Wildman–Crippen MR) is 316 cm³/mol. The van der Waals surface area contributed by atoms with Crippen LogP contribution < -0.4 is 76.5 Å². The van der Waals surface area contributed by atoms with Crippen molar-refractivity contribution in [1.82, 2.24) is 57.8 Å². The van der Waals surface area contributed by atoms with Crippen molar-refractivity contribution >= 4 is 70.9 Å². The zero-order valence-corrected chi connectivity index (χ0v) is 49.2. The summed E-state index contributed by atoms with van der Waals surface area (Å²) in [7, 11) is 0. The zero-order chi connectivity index (χ0) is 64.6. The third-order valence-electron chi connectivity index (χ3n) is 13.6. The Morgan fingerprint density at radius 2 is 0.931 bits per heavy atom. The maximum Gasteiger partial charge on any atom is 0.326 e. The minimum atomic E-state index is -1.81. The number of hydrogen-bond acceptors (Lipinski definition) is 17. The van der Waals surface area contributed by atoms with Crippen LogP contribution in [0.4, 0.5) is 0 Å². The molecule has 3 rings (SSSR count). The molecule has 0 saturated heterocycles. The van der Waals surface area contributed by atoms with E-state index < -0.39 is 144 Å². The molecule has 87 heavy (non-hydrogen) atoms. The third-order valence-corrected chi connectivity index (χ3v) is 13.6. The summed E-state index contributed by atoms with van der Waals surface area (Å²) in [5, 5.41) is 42.5. The molecule has 0 aliphatic rings. The lowest BCUT2D eigenvalue weighted by Gasteiger charge is -2.28. The van der Waals surface area contributed by atoms with Crippen LogP contribution in [-0.4, -0.2) is 171 Å². The lowest BCUT2D eigenvalue weighted by molar-refractivity contribution is -0.142. The number of nitrogens with two attached hydrogens (primary N) is 5. The van der Waals surface area contributed by atoms with Gasteiger partial charge in [0.05, 0.1) is 25.4 Å². The molecule has 30 heteroatoms. The minimum absolute atomic E-state index is 0.0129. The molecular weight excluding hydrogens is 1130 g/mol. The van der Waals surface area contributed by atoms with Gasteiger partial charge in [-0.25, -0.2) is 9.78 Å². The summed E-state index contributed by atoms with van der Waals surface area (Å²) < 4.78 is 0. The lowest BCUT2D eigenvalue weighted by Crippen LogP contribution is -2.61. The molecule has 0 aliphatic heterocycles. The first kappa shape index (κ1) is 72.4. The van der Waals surface area contributed by atoms with Gasteiger partial charge in [-0.1, -0.05) is 74.5 Å². The molecule has 0 bridgehead atoms. The number of primary amides is 2. The summed E-state index contributed by atoms with van der Waals surface area (Å²) in [6, 6.07) is 2.56. The number of nitrogens with zero attached hydrogens (tertiary/aromatic N) is 1. The fraction of sp³-hybridized carbons (Fsp3) is 0.526. The molecule has 0 fully saturated rings. The SMILES string of the molecule is CC(C)C[C@H](NC(=O)[C@H](Cc1cnc[nH]1)NC(=O)[C@H](Cc1ccccc1)NC(=O)[C@H](CC(N)=O)NC(=O)[C@H](CCCCN)NC(=O)[C@H](CO)NC(=O)[C@H](C)NC(=O)[C@@H](N)Cc1ccccc1)C(=O)N[C@@H](CCC(N)=O)C(=O)N[C@@H](CCCCN)C(=O)O. The van der Waals surface area contributed by atoms with Crippen molar-refractivity contribution in [3.63, 3.8) is 0 Å². The van der Waals surface area contributed by atoms with Crippen molar-refractivity contribution < 1.29 is 67.7 Å². The Balaban J connectivity index is 1.90. The summed E-state index contributed by atoms with van der Waals surface area (Å²) in [5.74, 6) is -12.0. The fourth-order valence-corrected chi connectivity index (χ4v) is 8.81. The Bertz CT molecular complexity index is 2740. The molecule has 0 aliphatic carbocycles. The number of carbonyl (C=O) groups excluding carboxylic acids is 11. The van der Waals surface area contributed by atoms with Gasteiger partial charge in [-0.2, -0.15) is 0 Å². The molecule has 11 amide bonds. The van der Waals surface area contributed by atoms with E-state index in [4.69, 9.17) is 28.7 Å². The van der Waals surface area contributed by atoms with Gasteiger partial charge in [-0.3, -0.25) is 52.7 Å². The fourth-order valence-electron chi connectivity index (χ4n) is 8.81. The maximum atomic E-state index is 14.6. The second-order valence-corrected chi connectivity index (χ2v) is 21.4. The van der Waals surface area contributed by atoms with Gasteiger partial charge in [0, 0.05) is 31.2 Å².